The second-order valence-electron chi connectivity index (χ2n) is 6.22. The maximum Gasteiger partial charge on any atom is 0.317 e. The van der Waals surface area contributed by atoms with Gasteiger partial charge in [-0.3, -0.25) is 14.5 Å². The molecule has 25 heavy (non-hydrogen) atoms. The van der Waals surface area contributed by atoms with Gasteiger partial charge in [-0.2, -0.15) is 5.10 Å². The summed E-state index contributed by atoms with van der Waals surface area (Å²) in [6.45, 7) is 2.69. The highest BCUT2D eigenvalue weighted by Gasteiger charge is 2.35. The Kier molecular flexibility index (Phi) is 5.14. The van der Waals surface area contributed by atoms with Crippen LogP contribution in [0.25, 0.3) is 5.69 Å². The molecule has 0 radical (unpaired) electrons. The number of hydrogen-bond acceptors (Lipinski definition) is 4. The molecule has 1 saturated carbocycles. The van der Waals surface area contributed by atoms with E-state index in [1.807, 2.05) is 36.1 Å². The molecular formula is C18H22N4O3. The monoisotopic (exact) mass is 342 g/mol. The van der Waals surface area contributed by atoms with Crippen molar-refractivity contribution in [2.45, 2.75) is 31.8 Å². The van der Waals surface area contributed by atoms with Crippen LogP contribution in [0.4, 0.5) is 0 Å². The highest BCUT2D eigenvalue weighted by atomic mass is 16.4. The summed E-state index contributed by atoms with van der Waals surface area (Å²) in [5.74, 6) is -0.946. The van der Waals surface area contributed by atoms with Crippen molar-refractivity contribution in [3.8, 4) is 5.69 Å². The van der Waals surface area contributed by atoms with E-state index in [0.29, 0.717) is 12.1 Å². The van der Waals surface area contributed by atoms with Crippen molar-refractivity contribution < 1.29 is 14.7 Å². The number of para-hydroxylation sites is 1. The maximum absolute atomic E-state index is 12.6. The third kappa shape index (κ3) is 3.88. The van der Waals surface area contributed by atoms with Gasteiger partial charge in [-0.05, 0) is 37.6 Å². The zero-order chi connectivity index (χ0) is 17.8. The van der Waals surface area contributed by atoms with Gasteiger partial charge in [-0.15, -0.1) is 0 Å². The second-order valence-corrected chi connectivity index (χ2v) is 6.22. The zero-order valence-electron chi connectivity index (χ0n) is 14.1. The predicted octanol–water partition coefficient (Wildman–Crippen LogP) is 1.54. The number of amides is 1. The molecule has 0 atom stereocenters. The lowest BCUT2D eigenvalue weighted by Gasteiger charge is -2.42. The number of nitrogens with one attached hydrogen (secondary N) is 1. The van der Waals surface area contributed by atoms with E-state index in [0.717, 1.165) is 18.5 Å². The number of likely N-dealkylation sites (N-methyl/N-ethyl adjacent to an activating group) is 1. The van der Waals surface area contributed by atoms with Gasteiger partial charge in [0.2, 0.25) is 0 Å². The number of carbonyl (C=O) groups excluding carboxylic acids is 1. The van der Waals surface area contributed by atoms with E-state index in [4.69, 9.17) is 5.11 Å². The number of carboxylic acids is 1. The standard InChI is InChI=1S/C18H22N4O3/c1-2-21(12-17(23)24)14-10-13(11-14)20-18(25)15-6-3-4-7-16(15)22-9-5-8-19-22/h3-9,13-14H,2,10-12H2,1H3,(H,20,25)(H,23,24). The number of aliphatic carboxylic acids is 1. The lowest BCUT2D eigenvalue weighted by molar-refractivity contribution is -0.139. The third-order valence-corrected chi connectivity index (χ3v) is 4.61. The Morgan fingerprint density at radius 2 is 2.08 bits per heavy atom. The Hall–Kier alpha value is -2.67. The Morgan fingerprint density at radius 3 is 2.72 bits per heavy atom. The van der Waals surface area contributed by atoms with Gasteiger partial charge in [0.1, 0.15) is 0 Å². The number of carboxylic acid groups (broad SMARTS) is 1. The molecule has 3 rings (SSSR count). The van der Waals surface area contributed by atoms with Crippen molar-refractivity contribution in [1.82, 2.24) is 20.0 Å². The fraction of sp³-hybridized carbons (Fsp3) is 0.389. The van der Waals surface area contributed by atoms with Crippen LogP contribution in [0.1, 0.15) is 30.1 Å². The molecule has 1 amide bonds. The number of hydrogen-bond donors (Lipinski definition) is 2. The lowest BCUT2D eigenvalue weighted by Crippen LogP contribution is -2.54. The normalized spacial score (nSPS) is 19.4. The Labute approximate surface area is 146 Å². The molecule has 1 heterocycles. The van der Waals surface area contributed by atoms with Crippen LogP contribution in [-0.2, 0) is 4.79 Å². The molecule has 132 valence electrons. The number of rotatable bonds is 7. The SMILES string of the molecule is CCN(CC(=O)O)C1CC(NC(=O)c2ccccc2-n2cccn2)C1. The van der Waals surface area contributed by atoms with Crippen LogP contribution < -0.4 is 5.32 Å². The molecule has 7 heteroatoms. The lowest BCUT2D eigenvalue weighted by atomic mass is 9.85. The fourth-order valence-electron chi connectivity index (χ4n) is 3.22. The van der Waals surface area contributed by atoms with Gasteiger partial charge in [-0.1, -0.05) is 19.1 Å². The van der Waals surface area contributed by atoms with Crippen LogP contribution in [0.15, 0.2) is 42.7 Å². The molecule has 0 unspecified atom stereocenters. The highest BCUT2D eigenvalue weighted by Crippen LogP contribution is 2.26. The van der Waals surface area contributed by atoms with Crippen molar-refractivity contribution in [2.24, 2.45) is 0 Å². The van der Waals surface area contributed by atoms with E-state index < -0.39 is 5.97 Å². The quantitative estimate of drug-likeness (QED) is 0.797. The smallest absolute Gasteiger partial charge is 0.317 e. The molecule has 1 aromatic heterocycles. The zero-order valence-corrected chi connectivity index (χ0v) is 14.1. The number of nitrogens with zero attached hydrogens (tertiary/aromatic N) is 3. The summed E-state index contributed by atoms with van der Waals surface area (Å²) in [6, 6.07) is 9.45. The Bertz CT molecular complexity index is 739. The summed E-state index contributed by atoms with van der Waals surface area (Å²) in [5.41, 5.74) is 1.31. The van der Waals surface area contributed by atoms with Crippen molar-refractivity contribution in [3.63, 3.8) is 0 Å². The summed E-state index contributed by atoms with van der Waals surface area (Å²) in [4.78, 5) is 25.4. The van der Waals surface area contributed by atoms with Gasteiger partial charge in [0.25, 0.3) is 5.91 Å². The Morgan fingerprint density at radius 1 is 1.32 bits per heavy atom. The first-order chi connectivity index (χ1) is 12.1. The first kappa shape index (κ1) is 17.2. The molecule has 7 nitrogen and oxygen atoms in total. The van der Waals surface area contributed by atoms with E-state index in [1.54, 1.807) is 23.1 Å². The Balaban J connectivity index is 1.61. The summed E-state index contributed by atoms with van der Waals surface area (Å²) in [6.07, 6.45) is 5.02. The number of benzene rings is 1. The molecule has 1 aromatic carbocycles. The summed E-state index contributed by atoms with van der Waals surface area (Å²) in [5, 5.41) is 16.2. The van der Waals surface area contributed by atoms with Crippen molar-refractivity contribution in [1.29, 1.82) is 0 Å². The molecule has 1 aliphatic rings. The highest BCUT2D eigenvalue weighted by molar-refractivity contribution is 5.98. The van der Waals surface area contributed by atoms with Crippen LogP contribution in [-0.4, -0.2) is 56.8 Å². The summed E-state index contributed by atoms with van der Waals surface area (Å²) < 4.78 is 1.67. The van der Waals surface area contributed by atoms with E-state index in [2.05, 4.69) is 10.4 Å². The van der Waals surface area contributed by atoms with Gasteiger partial charge in [0.15, 0.2) is 0 Å². The molecule has 1 fully saturated rings. The van der Waals surface area contributed by atoms with Gasteiger partial charge in [0, 0.05) is 24.5 Å². The number of aromatic nitrogens is 2. The molecule has 1 aliphatic carbocycles. The third-order valence-electron chi connectivity index (χ3n) is 4.61. The van der Waals surface area contributed by atoms with Crippen LogP contribution in [0, 0.1) is 0 Å². The topological polar surface area (TPSA) is 87.5 Å². The van der Waals surface area contributed by atoms with Crippen LogP contribution in [0.3, 0.4) is 0 Å². The first-order valence-electron chi connectivity index (χ1n) is 8.44. The first-order valence-corrected chi connectivity index (χ1v) is 8.44. The minimum Gasteiger partial charge on any atom is -0.480 e. The van der Waals surface area contributed by atoms with E-state index in [1.165, 1.54) is 0 Å². The molecule has 0 spiro atoms. The van der Waals surface area contributed by atoms with Crippen molar-refractivity contribution in [2.75, 3.05) is 13.1 Å². The van der Waals surface area contributed by atoms with Crippen molar-refractivity contribution in [3.05, 3.63) is 48.3 Å². The van der Waals surface area contributed by atoms with E-state index in [-0.39, 0.29) is 24.5 Å². The summed E-state index contributed by atoms with van der Waals surface area (Å²) in [7, 11) is 0. The van der Waals surface area contributed by atoms with Gasteiger partial charge >= 0.3 is 5.97 Å². The van der Waals surface area contributed by atoms with E-state index in [9.17, 15) is 9.59 Å². The molecule has 0 bridgehead atoms. The van der Waals surface area contributed by atoms with E-state index >= 15 is 0 Å². The average molecular weight is 342 g/mol. The predicted molar refractivity (Wildman–Crippen MR) is 92.7 cm³/mol. The van der Waals surface area contributed by atoms with Crippen LogP contribution >= 0.6 is 0 Å². The maximum atomic E-state index is 12.6. The number of carbonyl (C=O) groups is 2. The van der Waals surface area contributed by atoms with Crippen molar-refractivity contribution >= 4 is 11.9 Å². The van der Waals surface area contributed by atoms with Crippen LogP contribution in [0.2, 0.25) is 0 Å². The minimum atomic E-state index is -0.817. The molecule has 0 aliphatic heterocycles. The summed E-state index contributed by atoms with van der Waals surface area (Å²) >= 11 is 0. The van der Waals surface area contributed by atoms with Crippen LogP contribution in [0.5, 0.6) is 0 Å². The molecule has 2 aromatic rings. The average Bonchev–Trinajstić information content (AvgIpc) is 3.10. The van der Waals surface area contributed by atoms with Gasteiger partial charge in [-0.25, -0.2) is 4.68 Å². The molecule has 0 saturated heterocycles. The molecular weight excluding hydrogens is 320 g/mol. The second kappa shape index (κ2) is 7.48. The van der Waals surface area contributed by atoms with Gasteiger partial charge < -0.3 is 10.4 Å². The minimum absolute atomic E-state index is 0.0456. The van der Waals surface area contributed by atoms with Gasteiger partial charge in [0.05, 0.1) is 17.8 Å². The fourth-order valence-corrected chi connectivity index (χ4v) is 3.22. The largest absolute Gasteiger partial charge is 0.480 e. The molecule has 2 N–H and O–H groups in total.